The lowest BCUT2D eigenvalue weighted by atomic mass is 9.95. The smallest absolute Gasteiger partial charge is 0.259 e. The minimum Gasteiger partial charge on any atom is -0.508 e. The van der Waals surface area contributed by atoms with Gasteiger partial charge >= 0.3 is 0 Å². The lowest BCUT2D eigenvalue weighted by molar-refractivity contribution is 0.102. The molecule has 0 spiro atoms. The number of carbonyl (C=O) groups is 1. The van der Waals surface area contributed by atoms with Crippen molar-refractivity contribution >= 4 is 34.1 Å². The van der Waals surface area contributed by atoms with E-state index in [2.05, 4.69) is 10.3 Å². The van der Waals surface area contributed by atoms with Crippen LogP contribution in [0.15, 0.2) is 59.6 Å². The van der Waals surface area contributed by atoms with Gasteiger partial charge in [0, 0.05) is 16.8 Å². The summed E-state index contributed by atoms with van der Waals surface area (Å²) in [6, 6.07) is 16.4. The molecule has 0 aliphatic heterocycles. The summed E-state index contributed by atoms with van der Waals surface area (Å²) in [5.74, 6) is 0.0927. The molecule has 1 heterocycles. The second kappa shape index (κ2) is 7.76. The molecule has 0 unspecified atom stereocenters. The van der Waals surface area contributed by atoms with Gasteiger partial charge in [-0.15, -0.1) is 11.3 Å². The van der Waals surface area contributed by atoms with Gasteiger partial charge in [0.15, 0.2) is 0 Å². The van der Waals surface area contributed by atoms with E-state index in [9.17, 15) is 9.90 Å². The molecule has 1 aliphatic carbocycles. The van der Waals surface area contributed by atoms with Gasteiger partial charge in [0.2, 0.25) is 0 Å². The Bertz CT molecular complexity index is 993. The van der Waals surface area contributed by atoms with Crippen molar-refractivity contribution in [1.82, 2.24) is 0 Å². The highest BCUT2D eigenvalue weighted by atomic mass is 32.1. The summed E-state index contributed by atoms with van der Waals surface area (Å²) in [6.45, 7) is 0. The quantitative estimate of drug-likeness (QED) is 0.604. The van der Waals surface area contributed by atoms with E-state index in [0.29, 0.717) is 5.56 Å². The second-order valence-electron chi connectivity index (χ2n) is 6.56. The fraction of sp³-hybridized carbons (Fsp3) is 0.182. The van der Waals surface area contributed by atoms with Crippen LogP contribution in [0, 0.1) is 0 Å². The topological polar surface area (TPSA) is 61.7 Å². The Morgan fingerprint density at radius 1 is 1.07 bits per heavy atom. The molecule has 0 saturated carbocycles. The van der Waals surface area contributed by atoms with Gasteiger partial charge < -0.3 is 10.4 Å². The van der Waals surface area contributed by atoms with Gasteiger partial charge in [-0.05, 0) is 61.1 Å². The van der Waals surface area contributed by atoms with Crippen LogP contribution in [0.4, 0.5) is 10.7 Å². The van der Waals surface area contributed by atoms with E-state index in [0.717, 1.165) is 47.5 Å². The number of phenols is 1. The third-order valence-electron chi connectivity index (χ3n) is 4.61. The molecule has 1 aliphatic rings. The zero-order chi connectivity index (χ0) is 18.6. The maximum Gasteiger partial charge on any atom is 0.259 e. The van der Waals surface area contributed by atoms with Crippen LogP contribution in [-0.2, 0) is 12.8 Å². The van der Waals surface area contributed by atoms with Crippen LogP contribution in [0.1, 0.15) is 39.2 Å². The zero-order valence-electron chi connectivity index (χ0n) is 14.8. The number of benzene rings is 2. The molecular weight excluding hydrogens is 356 g/mol. The number of para-hydroxylation sites is 1. The minimum atomic E-state index is -0.108. The van der Waals surface area contributed by atoms with Crippen LogP contribution in [-0.4, -0.2) is 17.2 Å². The Morgan fingerprint density at radius 2 is 1.89 bits per heavy atom. The maximum absolute atomic E-state index is 13.0. The molecule has 136 valence electrons. The molecule has 1 aromatic heterocycles. The molecule has 2 N–H and O–H groups in total. The maximum atomic E-state index is 13.0. The standard InChI is InChI=1S/C22H20N2O2S/c25-17-10-6-7-15(13-17)14-23-22-20(18-11-4-5-12-19(18)27-22)21(26)24-16-8-2-1-3-9-16/h1-3,6-10,13-14,25H,4-5,11-12H2,(H,24,26). The molecule has 0 bridgehead atoms. The molecule has 0 saturated heterocycles. The molecular formula is C22H20N2O2S. The predicted octanol–water partition coefficient (Wildman–Crippen LogP) is 5.34. The number of fused-ring (bicyclic) bond motifs is 1. The van der Waals surface area contributed by atoms with Crippen molar-refractivity contribution in [2.24, 2.45) is 4.99 Å². The average molecular weight is 376 g/mol. The SMILES string of the molecule is O=C(Nc1ccccc1)c1c(N=Cc2cccc(O)c2)sc2c1CCCC2. The molecule has 0 radical (unpaired) electrons. The van der Waals surface area contributed by atoms with E-state index in [4.69, 9.17) is 0 Å². The summed E-state index contributed by atoms with van der Waals surface area (Å²) >= 11 is 1.60. The van der Waals surface area contributed by atoms with Crippen molar-refractivity contribution in [3.05, 3.63) is 76.2 Å². The van der Waals surface area contributed by atoms with Crippen molar-refractivity contribution in [2.75, 3.05) is 5.32 Å². The number of amides is 1. The Hall–Kier alpha value is -2.92. The number of aliphatic imine (C=N–C) groups is 1. The number of hydrogen-bond donors (Lipinski definition) is 2. The third-order valence-corrected chi connectivity index (χ3v) is 5.81. The highest BCUT2D eigenvalue weighted by Crippen LogP contribution is 2.40. The van der Waals surface area contributed by atoms with Crippen molar-refractivity contribution < 1.29 is 9.90 Å². The van der Waals surface area contributed by atoms with Crippen LogP contribution in [0.5, 0.6) is 5.75 Å². The van der Waals surface area contributed by atoms with E-state index in [1.165, 1.54) is 4.88 Å². The number of carbonyl (C=O) groups excluding carboxylic acids is 1. The summed E-state index contributed by atoms with van der Waals surface area (Å²) < 4.78 is 0. The number of phenolic OH excluding ortho intramolecular Hbond substituents is 1. The molecule has 4 rings (SSSR count). The third kappa shape index (κ3) is 3.93. The number of hydrogen-bond acceptors (Lipinski definition) is 4. The summed E-state index contributed by atoms with van der Waals surface area (Å²) in [5, 5.41) is 13.4. The first-order valence-electron chi connectivity index (χ1n) is 9.05. The fourth-order valence-corrected chi connectivity index (χ4v) is 4.56. The van der Waals surface area contributed by atoms with Crippen LogP contribution in [0.2, 0.25) is 0 Å². The normalized spacial score (nSPS) is 13.5. The van der Waals surface area contributed by atoms with Gasteiger partial charge in [0.1, 0.15) is 10.8 Å². The largest absolute Gasteiger partial charge is 0.508 e. The lowest BCUT2D eigenvalue weighted by Gasteiger charge is -2.12. The molecule has 2 aromatic carbocycles. The highest BCUT2D eigenvalue weighted by molar-refractivity contribution is 7.16. The van der Waals surface area contributed by atoms with E-state index >= 15 is 0 Å². The molecule has 3 aromatic rings. The number of nitrogens with one attached hydrogen (secondary N) is 1. The summed E-state index contributed by atoms with van der Waals surface area (Å²) in [6.07, 6.45) is 5.89. The van der Waals surface area contributed by atoms with Crippen LogP contribution >= 0.6 is 11.3 Å². The van der Waals surface area contributed by atoms with Crippen molar-refractivity contribution in [1.29, 1.82) is 0 Å². The van der Waals surface area contributed by atoms with Gasteiger partial charge in [0.05, 0.1) is 5.56 Å². The Kier molecular flexibility index (Phi) is 5.03. The fourth-order valence-electron chi connectivity index (χ4n) is 3.33. The van der Waals surface area contributed by atoms with Crippen LogP contribution < -0.4 is 5.32 Å². The van der Waals surface area contributed by atoms with Crippen molar-refractivity contribution in [3.8, 4) is 5.75 Å². The Labute approximate surface area is 162 Å². The average Bonchev–Trinajstić information content (AvgIpc) is 3.06. The van der Waals surface area contributed by atoms with Crippen molar-refractivity contribution in [2.45, 2.75) is 25.7 Å². The predicted molar refractivity (Wildman–Crippen MR) is 111 cm³/mol. The molecule has 4 nitrogen and oxygen atoms in total. The number of nitrogens with zero attached hydrogens (tertiary/aromatic N) is 1. The number of aryl methyl sites for hydroxylation is 1. The van der Waals surface area contributed by atoms with Gasteiger partial charge in [-0.3, -0.25) is 4.79 Å². The van der Waals surface area contributed by atoms with Crippen molar-refractivity contribution in [3.63, 3.8) is 0 Å². The van der Waals surface area contributed by atoms with Gasteiger partial charge in [-0.1, -0.05) is 30.3 Å². The molecule has 0 fully saturated rings. The minimum absolute atomic E-state index is 0.108. The zero-order valence-corrected chi connectivity index (χ0v) is 15.6. The van der Waals surface area contributed by atoms with E-state index in [1.807, 2.05) is 36.4 Å². The summed E-state index contributed by atoms with van der Waals surface area (Å²) in [5.41, 5.74) is 3.41. The second-order valence-corrected chi connectivity index (χ2v) is 7.65. The highest BCUT2D eigenvalue weighted by Gasteiger charge is 2.25. The monoisotopic (exact) mass is 376 g/mol. The first-order valence-corrected chi connectivity index (χ1v) is 9.86. The van der Waals surface area contributed by atoms with Crippen LogP contribution in [0.3, 0.4) is 0 Å². The number of rotatable bonds is 4. The number of anilines is 1. The van der Waals surface area contributed by atoms with Gasteiger partial charge in [-0.25, -0.2) is 4.99 Å². The molecule has 0 atom stereocenters. The Balaban J connectivity index is 1.68. The summed E-state index contributed by atoms with van der Waals surface area (Å²) in [4.78, 5) is 18.9. The number of thiophene rings is 1. The van der Waals surface area contributed by atoms with E-state index < -0.39 is 0 Å². The Morgan fingerprint density at radius 3 is 2.70 bits per heavy atom. The lowest BCUT2D eigenvalue weighted by Crippen LogP contribution is -2.14. The van der Waals surface area contributed by atoms with Gasteiger partial charge in [-0.2, -0.15) is 0 Å². The number of aromatic hydroxyl groups is 1. The first-order chi connectivity index (χ1) is 13.2. The van der Waals surface area contributed by atoms with Crippen LogP contribution in [0.25, 0.3) is 0 Å². The summed E-state index contributed by atoms with van der Waals surface area (Å²) in [7, 11) is 0. The van der Waals surface area contributed by atoms with E-state index in [1.54, 1.807) is 35.8 Å². The molecule has 5 heteroatoms. The first kappa shape index (κ1) is 17.5. The molecule has 1 amide bonds. The molecule has 27 heavy (non-hydrogen) atoms. The van der Waals surface area contributed by atoms with Gasteiger partial charge in [0.25, 0.3) is 5.91 Å². The van der Waals surface area contributed by atoms with E-state index in [-0.39, 0.29) is 11.7 Å².